The normalized spacial score (nSPS) is 12.3. The lowest BCUT2D eigenvalue weighted by Gasteiger charge is -2.20. The maximum absolute atomic E-state index is 11.8. The van der Waals surface area contributed by atoms with E-state index >= 15 is 0 Å². The van der Waals surface area contributed by atoms with Gasteiger partial charge in [-0.3, -0.25) is 0 Å². The van der Waals surface area contributed by atoms with E-state index in [1.165, 1.54) is 0 Å². The SMILES string of the molecule is Oc1c2cccc1Cc1cccc(c1OCc1cc(-c3ccccc3)no1)Cc1cccc(c1O)Cc1cccc(c1OCc1cc(-c3ccccc3)no1)C2. The fourth-order valence-corrected chi connectivity index (χ4v) is 7.42. The maximum Gasteiger partial charge on any atom is 0.174 e. The number of aromatic hydroxyl groups is 2. The molecule has 0 radical (unpaired) electrons. The lowest BCUT2D eigenvalue weighted by molar-refractivity contribution is 0.246. The summed E-state index contributed by atoms with van der Waals surface area (Å²) < 4.78 is 24.6. The van der Waals surface area contributed by atoms with Crippen LogP contribution >= 0.6 is 0 Å². The third kappa shape index (κ3) is 7.24. The van der Waals surface area contributed by atoms with E-state index in [9.17, 15) is 10.2 Å². The Hall–Kier alpha value is -7.06. The number of phenolic OH excluding ortho intramolecular Hbond substituents is 2. The van der Waals surface area contributed by atoms with Gasteiger partial charge in [0.2, 0.25) is 0 Å². The Kier molecular flexibility index (Phi) is 9.51. The number of ether oxygens (including phenoxy) is 2. The third-order valence-electron chi connectivity index (χ3n) is 10.3. The molecule has 2 N–H and O–H groups in total. The van der Waals surface area contributed by atoms with Crippen LogP contribution in [0.15, 0.2) is 155 Å². The van der Waals surface area contributed by atoms with Crippen molar-refractivity contribution >= 4 is 0 Å². The molecule has 8 nitrogen and oxygen atoms in total. The van der Waals surface area contributed by atoms with Crippen molar-refractivity contribution in [2.45, 2.75) is 38.9 Å². The van der Waals surface area contributed by atoms with Gasteiger partial charge in [-0.15, -0.1) is 0 Å². The number of hydrogen-bond donors (Lipinski definition) is 2. The molecule has 9 rings (SSSR count). The first kappa shape index (κ1) is 34.7. The van der Waals surface area contributed by atoms with Crippen LogP contribution in [0.2, 0.25) is 0 Å². The summed E-state index contributed by atoms with van der Waals surface area (Å²) in [6, 6.07) is 47.3. The molecule has 8 heteroatoms. The second kappa shape index (κ2) is 15.4. The molecular weight excluding hydrogens is 701 g/mol. The zero-order chi connectivity index (χ0) is 37.8. The second-order valence-electron chi connectivity index (χ2n) is 14.0. The molecule has 0 amide bonds. The average molecular weight is 739 g/mol. The summed E-state index contributed by atoms with van der Waals surface area (Å²) in [4.78, 5) is 0. The summed E-state index contributed by atoms with van der Waals surface area (Å²) in [7, 11) is 0. The van der Waals surface area contributed by atoms with E-state index < -0.39 is 0 Å². The maximum atomic E-state index is 11.8. The van der Waals surface area contributed by atoms with Gasteiger partial charge in [0.1, 0.15) is 47.6 Å². The van der Waals surface area contributed by atoms with E-state index in [1.54, 1.807) is 0 Å². The minimum Gasteiger partial charge on any atom is -0.507 e. The van der Waals surface area contributed by atoms with Gasteiger partial charge in [0.05, 0.1) is 0 Å². The Morgan fingerprint density at radius 1 is 0.411 bits per heavy atom. The van der Waals surface area contributed by atoms with Crippen molar-refractivity contribution in [1.29, 1.82) is 0 Å². The zero-order valence-corrected chi connectivity index (χ0v) is 30.5. The molecule has 0 saturated carbocycles. The van der Waals surface area contributed by atoms with Crippen LogP contribution in [0.25, 0.3) is 22.5 Å². The van der Waals surface area contributed by atoms with Crippen LogP contribution in [-0.4, -0.2) is 20.5 Å². The van der Waals surface area contributed by atoms with Crippen molar-refractivity contribution in [3.05, 3.63) is 202 Å². The van der Waals surface area contributed by atoms with Crippen molar-refractivity contribution in [2.75, 3.05) is 0 Å². The highest BCUT2D eigenvalue weighted by atomic mass is 16.5. The Bertz CT molecular complexity index is 2360. The first-order chi connectivity index (χ1) is 27.6. The van der Waals surface area contributed by atoms with Gasteiger partial charge in [-0.05, 0) is 44.5 Å². The number of phenols is 2. The van der Waals surface area contributed by atoms with Crippen LogP contribution in [0.4, 0.5) is 0 Å². The van der Waals surface area contributed by atoms with Gasteiger partial charge in [0, 0.05) is 48.9 Å². The number of hydrogen-bond acceptors (Lipinski definition) is 8. The van der Waals surface area contributed by atoms with Crippen LogP contribution < -0.4 is 9.47 Å². The van der Waals surface area contributed by atoms with E-state index in [4.69, 9.17) is 18.5 Å². The molecule has 0 aliphatic heterocycles. The molecule has 0 spiro atoms. The molecule has 56 heavy (non-hydrogen) atoms. The molecule has 1 aliphatic rings. The summed E-state index contributed by atoms with van der Waals surface area (Å²) in [5.74, 6) is 2.97. The topological polar surface area (TPSA) is 111 Å². The van der Waals surface area contributed by atoms with Crippen molar-refractivity contribution in [1.82, 2.24) is 10.3 Å². The third-order valence-corrected chi connectivity index (χ3v) is 10.3. The molecule has 0 fully saturated rings. The highest BCUT2D eigenvalue weighted by molar-refractivity contribution is 5.60. The first-order valence-electron chi connectivity index (χ1n) is 18.6. The van der Waals surface area contributed by atoms with E-state index in [-0.39, 0.29) is 24.7 Å². The largest absolute Gasteiger partial charge is 0.507 e. The lowest BCUT2D eigenvalue weighted by atomic mass is 9.91. The van der Waals surface area contributed by atoms with Gasteiger partial charge in [-0.1, -0.05) is 144 Å². The van der Waals surface area contributed by atoms with Crippen LogP contribution in [0.5, 0.6) is 23.0 Å². The molecule has 2 aromatic heterocycles. The molecule has 276 valence electrons. The second-order valence-corrected chi connectivity index (χ2v) is 14.0. The standard InChI is InChI=1S/C48H38N2O6/c51-45-33-15-7-17-35(45)25-39-21-10-22-40(48(39)54-30-42-28-44(50-56-42)32-13-5-2-6-14-32)26-36-18-8-16-34(46(36)52)24-38-20-9-19-37(23-33)47(38)53-29-41-27-43(49-55-41)31-11-3-1-4-12-31/h1-22,27-28,51-52H,23-26,29-30H2. The predicted molar refractivity (Wildman–Crippen MR) is 213 cm³/mol. The summed E-state index contributed by atoms with van der Waals surface area (Å²) >= 11 is 0. The van der Waals surface area contributed by atoms with Gasteiger partial charge < -0.3 is 28.7 Å². The number of nitrogens with zero attached hydrogens (tertiary/aromatic N) is 2. The molecule has 2 heterocycles. The fraction of sp³-hybridized carbons (Fsp3) is 0.125. The quantitative estimate of drug-likeness (QED) is 0.159. The number of aromatic nitrogens is 2. The zero-order valence-electron chi connectivity index (χ0n) is 30.5. The van der Waals surface area contributed by atoms with E-state index in [0.29, 0.717) is 48.7 Å². The van der Waals surface area contributed by atoms with Gasteiger partial charge >= 0.3 is 0 Å². The summed E-state index contributed by atoms with van der Waals surface area (Å²) in [6.07, 6.45) is 1.66. The minimum atomic E-state index is 0.154. The summed E-state index contributed by atoms with van der Waals surface area (Å²) in [5, 5.41) is 32.2. The minimum absolute atomic E-state index is 0.154. The number of rotatable bonds is 8. The number of fused-ring (bicyclic) bond motifs is 8. The van der Waals surface area contributed by atoms with E-state index in [2.05, 4.69) is 10.3 Å². The molecule has 0 atom stereocenters. The van der Waals surface area contributed by atoms with Gasteiger partial charge in [-0.2, -0.15) is 0 Å². The van der Waals surface area contributed by atoms with Crippen LogP contribution in [0, 0.1) is 0 Å². The Balaban J connectivity index is 1.07. The van der Waals surface area contributed by atoms with Crippen molar-refractivity contribution < 1.29 is 28.7 Å². The number of benzene rings is 6. The van der Waals surface area contributed by atoms with Gasteiger partial charge in [0.25, 0.3) is 0 Å². The van der Waals surface area contributed by atoms with Crippen molar-refractivity contribution in [2.24, 2.45) is 0 Å². The monoisotopic (exact) mass is 738 g/mol. The molecule has 0 saturated heterocycles. The molecule has 8 aromatic rings. The molecule has 1 aliphatic carbocycles. The van der Waals surface area contributed by atoms with E-state index in [1.807, 2.05) is 146 Å². The highest BCUT2D eigenvalue weighted by Crippen LogP contribution is 2.38. The molecule has 6 aromatic carbocycles. The van der Waals surface area contributed by atoms with Gasteiger partial charge in [0.15, 0.2) is 11.5 Å². The highest BCUT2D eigenvalue weighted by Gasteiger charge is 2.21. The van der Waals surface area contributed by atoms with Crippen LogP contribution in [0.3, 0.4) is 0 Å². The Morgan fingerprint density at radius 2 is 0.732 bits per heavy atom. The fourth-order valence-electron chi connectivity index (χ4n) is 7.42. The summed E-state index contributed by atoms with van der Waals surface area (Å²) in [5.41, 5.74) is 10.0. The van der Waals surface area contributed by atoms with E-state index in [0.717, 1.165) is 67.0 Å². The molecular formula is C48H38N2O6. The Labute approximate surface area is 324 Å². The smallest absolute Gasteiger partial charge is 0.174 e. The molecule has 0 unspecified atom stereocenters. The Morgan fingerprint density at radius 3 is 1.07 bits per heavy atom. The van der Waals surface area contributed by atoms with Crippen LogP contribution in [0.1, 0.15) is 56.0 Å². The summed E-state index contributed by atoms with van der Waals surface area (Å²) in [6.45, 7) is 0.307. The van der Waals surface area contributed by atoms with Crippen LogP contribution in [-0.2, 0) is 38.9 Å². The predicted octanol–water partition coefficient (Wildman–Crippen LogP) is 10.2. The van der Waals surface area contributed by atoms with Crippen molar-refractivity contribution in [3.8, 4) is 45.5 Å². The molecule has 8 bridgehead atoms. The van der Waals surface area contributed by atoms with Crippen molar-refractivity contribution in [3.63, 3.8) is 0 Å². The number of para-hydroxylation sites is 4. The average Bonchev–Trinajstić information content (AvgIpc) is 3.91. The van der Waals surface area contributed by atoms with Gasteiger partial charge in [-0.25, -0.2) is 0 Å². The lowest BCUT2D eigenvalue weighted by Crippen LogP contribution is -2.06. The first-order valence-corrected chi connectivity index (χ1v) is 18.6.